The maximum atomic E-state index is 12.0. The average Bonchev–Trinajstić information content (AvgIpc) is 3.06. The van der Waals surface area contributed by atoms with E-state index < -0.39 is 12.0 Å². The number of aromatic nitrogens is 2. The highest BCUT2D eigenvalue weighted by molar-refractivity contribution is 5.75. The summed E-state index contributed by atoms with van der Waals surface area (Å²) in [4.78, 5) is 16.1. The van der Waals surface area contributed by atoms with E-state index in [9.17, 15) is 9.90 Å². The molecule has 1 fully saturated rings. The Morgan fingerprint density at radius 1 is 1.43 bits per heavy atom. The molecular weight excluding hydrogens is 268 g/mol. The summed E-state index contributed by atoms with van der Waals surface area (Å²) < 4.78 is 7.11. The Bertz CT molecular complexity index is 623. The highest BCUT2D eigenvalue weighted by Gasteiger charge is 2.42. The Morgan fingerprint density at radius 2 is 2.19 bits per heavy atom. The summed E-state index contributed by atoms with van der Waals surface area (Å²) in [6.45, 7) is 0.346. The third-order valence-electron chi connectivity index (χ3n) is 4.09. The molecule has 5 nitrogen and oxygen atoms in total. The Kier molecular flexibility index (Phi) is 3.75. The van der Waals surface area contributed by atoms with Gasteiger partial charge < -0.3 is 14.4 Å². The zero-order valence-electron chi connectivity index (χ0n) is 11.8. The third kappa shape index (κ3) is 2.69. The zero-order chi connectivity index (χ0) is 14.8. The number of carbonyl (C=O) groups is 1. The second-order valence-electron chi connectivity index (χ2n) is 5.47. The normalized spacial score (nSPS) is 23.0. The SMILES string of the molecule is Cn1cncc1C[C@@H]1COC(=O)C1[C@@H](O)c1ccccc1. The van der Waals surface area contributed by atoms with Gasteiger partial charge in [0.15, 0.2) is 0 Å². The number of ether oxygens (including phenoxy) is 1. The van der Waals surface area contributed by atoms with Crippen LogP contribution in [0.15, 0.2) is 42.9 Å². The molecule has 0 spiro atoms. The van der Waals surface area contributed by atoms with Crippen LogP contribution in [0, 0.1) is 11.8 Å². The highest BCUT2D eigenvalue weighted by Crippen LogP contribution is 2.35. The lowest BCUT2D eigenvalue weighted by Gasteiger charge is -2.21. The minimum atomic E-state index is -0.834. The quantitative estimate of drug-likeness (QED) is 0.865. The second kappa shape index (κ2) is 5.69. The first-order valence-corrected chi connectivity index (χ1v) is 7.01. The average molecular weight is 286 g/mol. The van der Waals surface area contributed by atoms with Crippen LogP contribution in [0.2, 0.25) is 0 Å². The fourth-order valence-electron chi connectivity index (χ4n) is 2.86. The number of aryl methyl sites for hydroxylation is 1. The lowest BCUT2D eigenvalue weighted by Crippen LogP contribution is -2.26. The molecule has 1 aromatic carbocycles. The van der Waals surface area contributed by atoms with Gasteiger partial charge >= 0.3 is 5.97 Å². The largest absolute Gasteiger partial charge is 0.465 e. The third-order valence-corrected chi connectivity index (χ3v) is 4.09. The number of carbonyl (C=O) groups excluding carboxylic acids is 1. The Hall–Kier alpha value is -2.14. The van der Waals surface area contributed by atoms with Crippen molar-refractivity contribution in [1.29, 1.82) is 0 Å². The van der Waals surface area contributed by atoms with Crippen molar-refractivity contribution in [3.05, 3.63) is 54.1 Å². The summed E-state index contributed by atoms with van der Waals surface area (Å²) in [6.07, 6.45) is 3.35. The van der Waals surface area contributed by atoms with Gasteiger partial charge in [-0.3, -0.25) is 4.79 Å². The van der Waals surface area contributed by atoms with Gasteiger partial charge in [-0.25, -0.2) is 4.98 Å². The van der Waals surface area contributed by atoms with Gasteiger partial charge in [0.2, 0.25) is 0 Å². The number of aliphatic hydroxyl groups is 1. The lowest BCUT2D eigenvalue weighted by molar-refractivity contribution is -0.144. The molecule has 1 aliphatic rings. The molecular formula is C16H18N2O3. The Morgan fingerprint density at radius 3 is 2.86 bits per heavy atom. The number of benzene rings is 1. The van der Waals surface area contributed by atoms with Gasteiger partial charge in [-0.2, -0.15) is 0 Å². The number of nitrogens with zero attached hydrogens (tertiary/aromatic N) is 2. The van der Waals surface area contributed by atoms with Crippen LogP contribution in [0.1, 0.15) is 17.4 Å². The summed E-state index contributed by atoms with van der Waals surface area (Å²) in [7, 11) is 1.92. The van der Waals surface area contributed by atoms with Crippen LogP contribution in [0.3, 0.4) is 0 Å². The van der Waals surface area contributed by atoms with E-state index in [-0.39, 0.29) is 11.9 Å². The summed E-state index contributed by atoms with van der Waals surface area (Å²) in [6, 6.07) is 9.26. The zero-order valence-corrected chi connectivity index (χ0v) is 11.8. The maximum absolute atomic E-state index is 12.0. The van der Waals surface area contributed by atoms with E-state index in [1.165, 1.54) is 0 Å². The first-order valence-electron chi connectivity index (χ1n) is 7.01. The van der Waals surface area contributed by atoms with Crippen molar-refractivity contribution < 1.29 is 14.6 Å². The van der Waals surface area contributed by atoms with Crippen molar-refractivity contribution in [2.75, 3.05) is 6.61 Å². The van der Waals surface area contributed by atoms with Crippen LogP contribution in [-0.2, 0) is 23.0 Å². The van der Waals surface area contributed by atoms with Gasteiger partial charge in [0.25, 0.3) is 0 Å². The smallest absolute Gasteiger partial charge is 0.312 e. The molecule has 0 saturated carbocycles. The second-order valence-corrected chi connectivity index (χ2v) is 5.47. The van der Waals surface area contributed by atoms with E-state index in [4.69, 9.17) is 4.74 Å². The monoisotopic (exact) mass is 286 g/mol. The molecule has 5 heteroatoms. The van der Waals surface area contributed by atoms with Crippen LogP contribution in [-0.4, -0.2) is 27.2 Å². The fraction of sp³-hybridized carbons (Fsp3) is 0.375. The van der Waals surface area contributed by atoms with Gasteiger partial charge in [-0.05, 0) is 12.0 Å². The molecule has 21 heavy (non-hydrogen) atoms. The van der Waals surface area contributed by atoms with E-state index >= 15 is 0 Å². The van der Waals surface area contributed by atoms with E-state index in [1.807, 2.05) is 41.9 Å². The molecule has 1 N–H and O–H groups in total. The van der Waals surface area contributed by atoms with Gasteiger partial charge in [0, 0.05) is 24.9 Å². The molecule has 1 aromatic heterocycles. The van der Waals surface area contributed by atoms with Gasteiger partial charge in [0.05, 0.1) is 25.0 Å². The number of aliphatic hydroxyl groups excluding tert-OH is 1. The molecule has 3 rings (SSSR count). The van der Waals surface area contributed by atoms with Gasteiger partial charge in [-0.1, -0.05) is 30.3 Å². The topological polar surface area (TPSA) is 64.4 Å². The van der Waals surface area contributed by atoms with Gasteiger partial charge in [0.1, 0.15) is 0 Å². The molecule has 1 unspecified atom stereocenters. The summed E-state index contributed by atoms with van der Waals surface area (Å²) in [5, 5.41) is 10.5. The number of hydrogen-bond acceptors (Lipinski definition) is 4. The number of hydrogen-bond donors (Lipinski definition) is 1. The van der Waals surface area contributed by atoms with Crippen molar-refractivity contribution in [3.8, 4) is 0 Å². The van der Waals surface area contributed by atoms with E-state index in [0.29, 0.717) is 13.0 Å². The number of esters is 1. The molecule has 1 saturated heterocycles. The summed E-state index contributed by atoms with van der Waals surface area (Å²) in [5.74, 6) is -0.885. The fourth-order valence-corrected chi connectivity index (χ4v) is 2.86. The van der Waals surface area contributed by atoms with E-state index in [0.717, 1.165) is 11.3 Å². The van der Waals surface area contributed by atoms with Crippen molar-refractivity contribution in [1.82, 2.24) is 9.55 Å². The number of cyclic esters (lactones) is 1. The minimum Gasteiger partial charge on any atom is -0.465 e. The minimum absolute atomic E-state index is 0.0388. The Balaban J connectivity index is 1.81. The molecule has 0 radical (unpaired) electrons. The van der Waals surface area contributed by atoms with E-state index in [2.05, 4.69) is 4.98 Å². The summed E-state index contributed by atoms with van der Waals surface area (Å²) >= 11 is 0. The molecule has 3 atom stereocenters. The van der Waals surface area contributed by atoms with Crippen molar-refractivity contribution in [2.24, 2.45) is 18.9 Å². The van der Waals surface area contributed by atoms with Crippen LogP contribution in [0.4, 0.5) is 0 Å². The first kappa shape index (κ1) is 13.8. The van der Waals surface area contributed by atoms with Crippen molar-refractivity contribution in [2.45, 2.75) is 12.5 Å². The van der Waals surface area contributed by atoms with Crippen molar-refractivity contribution in [3.63, 3.8) is 0 Å². The maximum Gasteiger partial charge on any atom is 0.312 e. The van der Waals surface area contributed by atoms with Crippen molar-refractivity contribution >= 4 is 5.97 Å². The molecule has 0 aliphatic carbocycles. The van der Waals surface area contributed by atoms with Crippen LogP contribution < -0.4 is 0 Å². The highest BCUT2D eigenvalue weighted by atomic mass is 16.5. The van der Waals surface area contributed by atoms with Crippen LogP contribution >= 0.6 is 0 Å². The predicted octanol–water partition coefficient (Wildman–Crippen LogP) is 1.49. The molecule has 0 amide bonds. The summed E-state index contributed by atoms with van der Waals surface area (Å²) in [5.41, 5.74) is 1.78. The van der Waals surface area contributed by atoms with E-state index in [1.54, 1.807) is 12.5 Å². The molecule has 1 aliphatic heterocycles. The number of rotatable bonds is 4. The Labute approximate surface area is 123 Å². The molecule has 2 aromatic rings. The molecule has 110 valence electrons. The molecule has 2 heterocycles. The lowest BCUT2D eigenvalue weighted by atomic mass is 9.84. The van der Waals surface area contributed by atoms with Gasteiger partial charge in [-0.15, -0.1) is 0 Å². The standard InChI is InChI=1S/C16H18N2O3/c1-18-10-17-8-13(18)7-12-9-21-16(20)14(12)15(19)11-5-3-2-4-6-11/h2-6,8,10,12,14-15,19H,7,9H2,1H3/t12-,14?,15+/m1/s1. The predicted molar refractivity (Wildman–Crippen MR) is 76.3 cm³/mol. The molecule has 0 bridgehead atoms. The first-order chi connectivity index (χ1) is 10.2. The van der Waals surface area contributed by atoms with Crippen LogP contribution in [0.5, 0.6) is 0 Å². The van der Waals surface area contributed by atoms with Crippen LogP contribution in [0.25, 0.3) is 0 Å². The number of imidazole rings is 1.